The molecule has 0 bridgehead atoms. The lowest BCUT2D eigenvalue weighted by Gasteiger charge is -2.31. The molecule has 1 N–H and O–H groups in total. The van der Waals surface area contributed by atoms with E-state index < -0.39 is 11.6 Å². The van der Waals surface area contributed by atoms with Crippen LogP contribution in [-0.2, 0) is 6.54 Å². The van der Waals surface area contributed by atoms with Crippen LogP contribution in [0, 0.1) is 25.5 Å². The molecule has 0 aliphatic carbocycles. The number of aromatic nitrogens is 2. The maximum atomic E-state index is 14.0. The van der Waals surface area contributed by atoms with Crippen molar-refractivity contribution in [1.82, 2.24) is 20.0 Å². The Bertz CT molecular complexity index is 711. The zero-order valence-corrected chi connectivity index (χ0v) is 13.7. The number of nitrogens with zero attached hydrogens (tertiary/aromatic N) is 3. The van der Waals surface area contributed by atoms with E-state index in [1.165, 1.54) is 12.1 Å². The first-order chi connectivity index (χ1) is 11.0. The quantitative estimate of drug-likeness (QED) is 0.943. The molecule has 0 radical (unpaired) electrons. The highest BCUT2D eigenvalue weighted by atomic mass is 19.1. The van der Waals surface area contributed by atoms with Gasteiger partial charge in [0.05, 0.1) is 5.69 Å². The van der Waals surface area contributed by atoms with Crippen LogP contribution in [0.5, 0.6) is 0 Å². The Labute approximate surface area is 135 Å². The van der Waals surface area contributed by atoms with Gasteiger partial charge in [0.2, 0.25) is 0 Å². The number of nitrogens with one attached hydrogen (secondary N) is 1. The van der Waals surface area contributed by atoms with Gasteiger partial charge in [-0.2, -0.15) is 5.10 Å². The summed E-state index contributed by atoms with van der Waals surface area (Å²) in [5.41, 5.74) is 3.19. The van der Waals surface area contributed by atoms with Crippen LogP contribution in [0.4, 0.5) is 8.78 Å². The standard InChI is InChI=1S/C17H22F2N4/c1-11-9-22(7-6-20-11)10-15-12(2)21-23(13(15)3)17-5-4-14(18)8-16(17)19/h4-5,8,11,20H,6-7,9-10H2,1-3H3. The second kappa shape index (κ2) is 6.37. The Hall–Kier alpha value is -1.79. The third-order valence-corrected chi connectivity index (χ3v) is 4.41. The van der Waals surface area contributed by atoms with Crippen LogP contribution in [0.1, 0.15) is 23.9 Å². The molecule has 1 saturated heterocycles. The molecule has 1 fully saturated rings. The van der Waals surface area contributed by atoms with E-state index in [4.69, 9.17) is 0 Å². The number of halogens is 2. The fourth-order valence-electron chi connectivity index (χ4n) is 3.17. The molecule has 0 spiro atoms. The highest BCUT2D eigenvalue weighted by Crippen LogP contribution is 2.22. The summed E-state index contributed by atoms with van der Waals surface area (Å²) in [6, 6.07) is 4.05. The van der Waals surface area contributed by atoms with Crippen molar-refractivity contribution in [3.8, 4) is 5.69 Å². The van der Waals surface area contributed by atoms with Gasteiger partial charge in [-0.05, 0) is 32.9 Å². The van der Waals surface area contributed by atoms with Gasteiger partial charge in [-0.15, -0.1) is 0 Å². The van der Waals surface area contributed by atoms with E-state index in [9.17, 15) is 8.78 Å². The number of piperazine rings is 1. The number of hydrogen-bond acceptors (Lipinski definition) is 3. The van der Waals surface area contributed by atoms with Crippen molar-refractivity contribution in [3.05, 3.63) is 46.8 Å². The smallest absolute Gasteiger partial charge is 0.151 e. The second-order valence-electron chi connectivity index (χ2n) is 6.25. The lowest BCUT2D eigenvalue weighted by Crippen LogP contribution is -2.48. The van der Waals surface area contributed by atoms with Gasteiger partial charge in [0, 0.05) is 49.5 Å². The molecule has 0 saturated carbocycles. The number of benzene rings is 1. The SMILES string of the molecule is Cc1nn(-c2ccc(F)cc2F)c(C)c1CN1CCNC(C)C1. The number of aryl methyl sites for hydroxylation is 1. The van der Waals surface area contributed by atoms with Crippen LogP contribution < -0.4 is 5.32 Å². The maximum absolute atomic E-state index is 14.0. The van der Waals surface area contributed by atoms with Crippen LogP contribution in [0.2, 0.25) is 0 Å². The molecule has 2 heterocycles. The lowest BCUT2D eigenvalue weighted by molar-refractivity contribution is 0.199. The highest BCUT2D eigenvalue weighted by Gasteiger charge is 2.21. The summed E-state index contributed by atoms with van der Waals surface area (Å²) in [5, 5.41) is 7.89. The van der Waals surface area contributed by atoms with Gasteiger partial charge >= 0.3 is 0 Å². The molecule has 124 valence electrons. The predicted molar refractivity (Wildman–Crippen MR) is 85.7 cm³/mol. The van der Waals surface area contributed by atoms with E-state index in [0.29, 0.717) is 6.04 Å². The summed E-state index contributed by atoms with van der Waals surface area (Å²) < 4.78 is 28.7. The Morgan fingerprint density at radius 1 is 1.30 bits per heavy atom. The van der Waals surface area contributed by atoms with E-state index in [2.05, 4.69) is 22.2 Å². The molecule has 1 aliphatic heterocycles. The first-order valence-corrected chi connectivity index (χ1v) is 7.92. The normalized spacial score (nSPS) is 19.3. The number of rotatable bonds is 3. The zero-order chi connectivity index (χ0) is 16.6. The fourth-order valence-corrected chi connectivity index (χ4v) is 3.17. The summed E-state index contributed by atoms with van der Waals surface area (Å²) in [4.78, 5) is 2.38. The van der Waals surface area contributed by atoms with Crippen LogP contribution >= 0.6 is 0 Å². The molecule has 1 aliphatic rings. The number of hydrogen-bond donors (Lipinski definition) is 1. The average Bonchev–Trinajstić information content (AvgIpc) is 2.75. The average molecular weight is 320 g/mol. The van der Waals surface area contributed by atoms with E-state index >= 15 is 0 Å². The lowest BCUT2D eigenvalue weighted by atomic mass is 10.1. The van der Waals surface area contributed by atoms with Crippen molar-refractivity contribution in [2.24, 2.45) is 0 Å². The molecule has 1 aromatic carbocycles. The minimum atomic E-state index is -0.599. The summed E-state index contributed by atoms with van der Waals surface area (Å²) in [6.07, 6.45) is 0. The van der Waals surface area contributed by atoms with Crippen LogP contribution in [0.15, 0.2) is 18.2 Å². The van der Waals surface area contributed by atoms with Gasteiger partial charge in [-0.25, -0.2) is 13.5 Å². The molecule has 1 atom stereocenters. The van der Waals surface area contributed by atoms with Gasteiger partial charge in [0.1, 0.15) is 11.5 Å². The molecule has 4 nitrogen and oxygen atoms in total. The van der Waals surface area contributed by atoms with Crippen molar-refractivity contribution < 1.29 is 8.78 Å². The Kier molecular flexibility index (Phi) is 4.46. The van der Waals surface area contributed by atoms with Crippen LogP contribution in [0.3, 0.4) is 0 Å². The molecule has 6 heteroatoms. The van der Waals surface area contributed by atoms with E-state index in [0.717, 1.165) is 49.2 Å². The summed E-state index contributed by atoms with van der Waals surface area (Å²) in [6.45, 7) is 9.78. The summed E-state index contributed by atoms with van der Waals surface area (Å²) >= 11 is 0. The van der Waals surface area contributed by atoms with Crippen molar-refractivity contribution >= 4 is 0 Å². The molecule has 3 rings (SSSR count). The van der Waals surface area contributed by atoms with E-state index in [-0.39, 0.29) is 5.69 Å². The van der Waals surface area contributed by atoms with Gasteiger partial charge in [-0.3, -0.25) is 4.90 Å². The van der Waals surface area contributed by atoms with Crippen LogP contribution in [0.25, 0.3) is 5.69 Å². The zero-order valence-electron chi connectivity index (χ0n) is 13.7. The monoisotopic (exact) mass is 320 g/mol. The molecular weight excluding hydrogens is 298 g/mol. The third kappa shape index (κ3) is 3.28. The Morgan fingerprint density at radius 3 is 2.78 bits per heavy atom. The van der Waals surface area contributed by atoms with Gasteiger partial charge in [-0.1, -0.05) is 0 Å². The Morgan fingerprint density at radius 2 is 2.09 bits per heavy atom. The summed E-state index contributed by atoms with van der Waals surface area (Å²) in [5.74, 6) is -1.18. The first kappa shape index (κ1) is 16.1. The van der Waals surface area contributed by atoms with Gasteiger partial charge < -0.3 is 5.32 Å². The van der Waals surface area contributed by atoms with Gasteiger partial charge in [0.15, 0.2) is 5.82 Å². The predicted octanol–water partition coefficient (Wildman–Crippen LogP) is 2.56. The summed E-state index contributed by atoms with van der Waals surface area (Å²) in [7, 11) is 0. The maximum Gasteiger partial charge on any atom is 0.151 e. The molecule has 1 unspecified atom stereocenters. The van der Waals surface area contributed by atoms with E-state index in [1.807, 2.05) is 13.8 Å². The molecule has 1 aromatic heterocycles. The minimum Gasteiger partial charge on any atom is -0.312 e. The third-order valence-electron chi connectivity index (χ3n) is 4.41. The van der Waals surface area contributed by atoms with Crippen molar-refractivity contribution in [2.45, 2.75) is 33.4 Å². The minimum absolute atomic E-state index is 0.284. The first-order valence-electron chi connectivity index (χ1n) is 7.92. The fraction of sp³-hybridized carbons (Fsp3) is 0.471. The topological polar surface area (TPSA) is 33.1 Å². The van der Waals surface area contributed by atoms with Crippen LogP contribution in [-0.4, -0.2) is 40.4 Å². The molecule has 2 aromatic rings. The van der Waals surface area contributed by atoms with Crippen molar-refractivity contribution in [3.63, 3.8) is 0 Å². The van der Waals surface area contributed by atoms with Crippen molar-refractivity contribution in [1.29, 1.82) is 0 Å². The van der Waals surface area contributed by atoms with Gasteiger partial charge in [0.25, 0.3) is 0 Å². The molecule has 23 heavy (non-hydrogen) atoms. The Balaban J connectivity index is 1.90. The van der Waals surface area contributed by atoms with E-state index in [1.54, 1.807) is 4.68 Å². The molecule has 0 amide bonds. The molecular formula is C17H22F2N4. The second-order valence-corrected chi connectivity index (χ2v) is 6.25. The largest absolute Gasteiger partial charge is 0.312 e. The van der Waals surface area contributed by atoms with Crippen molar-refractivity contribution in [2.75, 3.05) is 19.6 Å². The highest BCUT2D eigenvalue weighted by molar-refractivity contribution is 5.38.